The molecule has 1 amide bonds. The Morgan fingerprint density at radius 1 is 1.26 bits per heavy atom. The number of carbonyl (C=O) groups is 2. The molecule has 1 heterocycles. The molecule has 0 atom stereocenters. The maximum Gasteiger partial charge on any atom is 0.311 e. The number of nitrogens with one attached hydrogen (secondary N) is 1. The van der Waals surface area contributed by atoms with E-state index in [-0.39, 0.29) is 12.5 Å². The zero-order chi connectivity index (χ0) is 16.7. The van der Waals surface area contributed by atoms with Crippen molar-refractivity contribution in [3.8, 4) is 5.75 Å². The van der Waals surface area contributed by atoms with Crippen LogP contribution >= 0.6 is 0 Å². The van der Waals surface area contributed by atoms with Gasteiger partial charge in [0.2, 0.25) is 5.91 Å². The van der Waals surface area contributed by atoms with Crippen molar-refractivity contribution in [2.75, 3.05) is 26.9 Å². The van der Waals surface area contributed by atoms with Crippen molar-refractivity contribution < 1.29 is 24.2 Å². The van der Waals surface area contributed by atoms with Crippen LogP contribution in [-0.4, -0.2) is 43.9 Å². The van der Waals surface area contributed by atoms with Crippen molar-refractivity contribution in [1.29, 1.82) is 0 Å². The second-order valence-corrected chi connectivity index (χ2v) is 5.82. The molecule has 1 saturated heterocycles. The number of rotatable bonds is 7. The average molecular weight is 321 g/mol. The maximum absolute atomic E-state index is 12.0. The minimum Gasteiger partial charge on any atom is -0.497 e. The summed E-state index contributed by atoms with van der Waals surface area (Å²) in [4.78, 5) is 23.5. The fraction of sp³-hybridized carbons (Fsp3) is 0.529. The van der Waals surface area contributed by atoms with E-state index < -0.39 is 11.4 Å². The van der Waals surface area contributed by atoms with Gasteiger partial charge in [-0.1, -0.05) is 12.1 Å². The van der Waals surface area contributed by atoms with Crippen molar-refractivity contribution >= 4 is 11.9 Å². The molecule has 0 bridgehead atoms. The molecule has 1 aliphatic rings. The Bertz CT molecular complexity index is 534. The van der Waals surface area contributed by atoms with Gasteiger partial charge in [-0.15, -0.1) is 0 Å². The second kappa shape index (κ2) is 7.97. The van der Waals surface area contributed by atoms with Crippen LogP contribution in [0.3, 0.4) is 0 Å². The molecule has 1 aromatic carbocycles. The zero-order valence-corrected chi connectivity index (χ0v) is 13.3. The predicted molar refractivity (Wildman–Crippen MR) is 84.4 cm³/mol. The van der Waals surface area contributed by atoms with Gasteiger partial charge in [-0.05, 0) is 37.0 Å². The summed E-state index contributed by atoms with van der Waals surface area (Å²) in [7, 11) is 1.61. The Hall–Kier alpha value is -2.08. The molecule has 6 heteroatoms. The highest BCUT2D eigenvalue weighted by Crippen LogP contribution is 2.30. The standard InChI is InChI=1S/C17H23NO5/c1-22-14-5-2-13(3-6-14)4-7-15(19)18-12-17(16(20)21)8-10-23-11-9-17/h2-3,5-6H,4,7-12H2,1H3,(H,18,19)(H,20,21). The molecule has 23 heavy (non-hydrogen) atoms. The Balaban J connectivity index is 1.80. The van der Waals surface area contributed by atoms with E-state index in [1.807, 2.05) is 24.3 Å². The number of ether oxygens (including phenoxy) is 2. The first-order valence-corrected chi connectivity index (χ1v) is 7.76. The van der Waals surface area contributed by atoms with Crippen LogP contribution in [-0.2, 0) is 20.7 Å². The summed E-state index contributed by atoms with van der Waals surface area (Å²) in [6.45, 7) is 1.01. The third kappa shape index (κ3) is 4.69. The van der Waals surface area contributed by atoms with E-state index in [4.69, 9.17) is 9.47 Å². The van der Waals surface area contributed by atoms with Crippen LogP contribution in [0.5, 0.6) is 5.75 Å². The third-order valence-electron chi connectivity index (χ3n) is 4.33. The van der Waals surface area contributed by atoms with E-state index in [1.165, 1.54) is 0 Å². The maximum atomic E-state index is 12.0. The van der Waals surface area contributed by atoms with Crippen LogP contribution in [0.1, 0.15) is 24.8 Å². The molecular formula is C17H23NO5. The van der Waals surface area contributed by atoms with E-state index in [2.05, 4.69) is 5.32 Å². The van der Waals surface area contributed by atoms with Crippen molar-refractivity contribution in [2.24, 2.45) is 5.41 Å². The lowest BCUT2D eigenvalue weighted by Gasteiger charge is -2.33. The van der Waals surface area contributed by atoms with Gasteiger partial charge in [0.05, 0.1) is 12.5 Å². The van der Waals surface area contributed by atoms with E-state index in [1.54, 1.807) is 7.11 Å². The molecule has 0 spiro atoms. The van der Waals surface area contributed by atoms with Gasteiger partial charge in [-0.25, -0.2) is 0 Å². The number of hydrogen-bond donors (Lipinski definition) is 2. The van der Waals surface area contributed by atoms with E-state index in [0.717, 1.165) is 11.3 Å². The monoisotopic (exact) mass is 321 g/mol. The molecule has 6 nitrogen and oxygen atoms in total. The lowest BCUT2D eigenvalue weighted by atomic mass is 9.80. The summed E-state index contributed by atoms with van der Waals surface area (Å²) in [6.07, 6.45) is 1.81. The van der Waals surface area contributed by atoms with Crippen molar-refractivity contribution in [3.63, 3.8) is 0 Å². The molecular weight excluding hydrogens is 298 g/mol. The predicted octanol–water partition coefficient (Wildman–Crippen LogP) is 1.63. The van der Waals surface area contributed by atoms with Crippen LogP contribution in [0.15, 0.2) is 24.3 Å². The minimum absolute atomic E-state index is 0.132. The van der Waals surface area contributed by atoms with Crippen molar-refractivity contribution in [3.05, 3.63) is 29.8 Å². The van der Waals surface area contributed by atoms with Crippen LogP contribution in [0, 0.1) is 5.41 Å². The Kier molecular flexibility index (Phi) is 5.98. The molecule has 2 N–H and O–H groups in total. The van der Waals surface area contributed by atoms with Gasteiger partial charge in [-0.2, -0.15) is 0 Å². The molecule has 0 aliphatic carbocycles. The number of amides is 1. The summed E-state index contributed by atoms with van der Waals surface area (Å²) < 4.78 is 10.3. The number of aryl methyl sites for hydroxylation is 1. The Morgan fingerprint density at radius 2 is 1.91 bits per heavy atom. The summed E-state index contributed by atoms with van der Waals surface area (Å²) in [5.74, 6) is -0.217. The van der Waals surface area contributed by atoms with Crippen molar-refractivity contribution in [1.82, 2.24) is 5.32 Å². The number of hydrogen-bond acceptors (Lipinski definition) is 4. The molecule has 1 aromatic rings. The third-order valence-corrected chi connectivity index (χ3v) is 4.33. The number of carboxylic acids is 1. The topological polar surface area (TPSA) is 84.9 Å². The molecule has 1 aliphatic heterocycles. The van der Waals surface area contributed by atoms with Crippen LogP contribution in [0.25, 0.3) is 0 Å². The smallest absolute Gasteiger partial charge is 0.311 e. The first-order chi connectivity index (χ1) is 11.1. The van der Waals surface area contributed by atoms with Gasteiger partial charge in [0.1, 0.15) is 5.75 Å². The molecule has 126 valence electrons. The fourth-order valence-corrected chi connectivity index (χ4v) is 2.63. The fourth-order valence-electron chi connectivity index (χ4n) is 2.63. The molecule has 0 saturated carbocycles. The number of methoxy groups -OCH3 is 1. The summed E-state index contributed by atoms with van der Waals surface area (Å²) in [5, 5.41) is 12.2. The highest BCUT2D eigenvalue weighted by molar-refractivity contribution is 5.79. The largest absolute Gasteiger partial charge is 0.497 e. The van der Waals surface area contributed by atoms with Gasteiger partial charge in [0.25, 0.3) is 0 Å². The van der Waals surface area contributed by atoms with Crippen LogP contribution < -0.4 is 10.1 Å². The zero-order valence-electron chi connectivity index (χ0n) is 13.3. The quantitative estimate of drug-likeness (QED) is 0.797. The van der Waals surface area contributed by atoms with E-state index in [9.17, 15) is 14.7 Å². The first-order valence-electron chi connectivity index (χ1n) is 7.76. The highest BCUT2D eigenvalue weighted by atomic mass is 16.5. The summed E-state index contributed by atoms with van der Waals surface area (Å²) in [5.41, 5.74) is 0.147. The second-order valence-electron chi connectivity index (χ2n) is 5.82. The number of carboxylic acid groups (broad SMARTS) is 1. The first kappa shape index (κ1) is 17.3. The lowest BCUT2D eigenvalue weighted by molar-refractivity contribution is -0.154. The van der Waals surface area contributed by atoms with Gasteiger partial charge in [-0.3, -0.25) is 9.59 Å². The molecule has 0 aromatic heterocycles. The Morgan fingerprint density at radius 3 is 2.48 bits per heavy atom. The molecule has 0 unspecified atom stereocenters. The van der Waals surface area contributed by atoms with E-state index >= 15 is 0 Å². The van der Waals surface area contributed by atoms with Crippen molar-refractivity contribution in [2.45, 2.75) is 25.7 Å². The average Bonchev–Trinajstić information content (AvgIpc) is 2.59. The molecule has 2 rings (SSSR count). The van der Waals surface area contributed by atoms with Gasteiger partial charge in [0, 0.05) is 26.2 Å². The van der Waals surface area contributed by atoms with Gasteiger partial charge in [0.15, 0.2) is 0 Å². The van der Waals surface area contributed by atoms with Crippen LogP contribution in [0.4, 0.5) is 0 Å². The van der Waals surface area contributed by atoms with Crippen LogP contribution in [0.2, 0.25) is 0 Å². The van der Waals surface area contributed by atoms with Gasteiger partial charge >= 0.3 is 5.97 Å². The minimum atomic E-state index is -0.895. The highest BCUT2D eigenvalue weighted by Gasteiger charge is 2.40. The number of aliphatic carboxylic acids is 1. The number of benzene rings is 1. The normalized spacial score (nSPS) is 16.6. The number of carbonyl (C=O) groups excluding carboxylic acids is 1. The Labute approximate surface area is 135 Å². The van der Waals surface area contributed by atoms with E-state index in [0.29, 0.717) is 38.9 Å². The van der Waals surface area contributed by atoms with Gasteiger partial charge < -0.3 is 19.9 Å². The molecule has 1 fully saturated rings. The lowest BCUT2D eigenvalue weighted by Crippen LogP contribution is -2.46. The summed E-state index contributed by atoms with van der Waals surface area (Å²) in [6, 6.07) is 7.55. The molecule has 0 radical (unpaired) electrons. The SMILES string of the molecule is COc1ccc(CCC(=O)NCC2(C(=O)O)CCOCC2)cc1. The summed E-state index contributed by atoms with van der Waals surface area (Å²) >= 11 is 0.